The zero-order valence-electron chi connectivity index (χ0n) is 9.29. The van der Waals surface area contributed by atoms with E-state index >= 15 is 0 Å². The van der Waals surface area contributed by atoms with Gasteiger partial charge in [-0.15, -0.1) is 0 Å². The summed E-state index contributed by atoms with van der Waals surface area (Å²) in [5.41, 5.74) is 0.237. The second-order valence-electron chi connectivity index (χ2n) is 4.35. The minimum atomic E-state index is -0.870. The van der Waals surface area contributed by atoms with E-state index in [1.807, 2.05) is 6.92 Å². The molecule has 3 atom stereocenters. The van der Waals surface area contributed by atoms with E-state index in [-0.39, 0.29) is 22.6 Å². The molecule has 17 heavy (non-hydrogen) atoms. The fourth-order valence-corrected chi connectivity index (χ4v) is 2.57. The lowest BCUT2D eigenvalue weighted by Crippen LogP contribution is -2.14. The summed E-state index contributed by atoms with van der Waals surface area (Å²) in [6.07, 6.45) is -0.0249. The van der Waals surface area contributed by atoms with E-state index in [0.29, 0.717) is 11.1 Å². The summed E-state index contributed by atoms with van der Waals surface area (Å²) in [5.74, 6) is -0.634. The second-order valence-corrected chi connectivity index (χ2v) is 5.58. The molecule has 5 heteroatoms. The number of halogens is 3. The van der Waals surface area contributed by atoms with Crippen molar-refractivity contribution in [1.82, 2.24) is 0 Å². The third kappa shape index (κ3) is 2.65. The number of benzene rings is 1. The normalized spacial score (nSPS) is 26.2. The fourth-order valence-electron chi connectivity index (χ4n) is 2.09. The first kappa shape index (κ1) is 13.3. The van der Waals surface area contributed by atoms with Gasteiger partial charge in [0.25, 0.3) is 0 Å². The van der Waals surface area contributed by atoms with Crippen LogP contribution in [0.1, 0.15) is 25.0 Å². The molecule has 2 nitrogen and oxygen atoms in total. The average Bonchev–Trinajstić information content (AvgIpc) is 2.72. The molecule has 0 radical (unpaired) electrons. The number of aliphatic hydroxyl groups excluding tert-OH is 1. The van der Waals surface area contributed by atoms with Gasteiger partial charge in [0, 0.05) is 16.0 Å². The van der Waals surface area contributed by atoms with Gasteiger partial charge in [0.15, 0.2) is 0 Å². The number of hydrogen-bond donors (Lipinski definition) is 1. The quantitative estimate of drug-likeness (QED) is 0.841. The Balaban J connectivity index is 2.25. The molecule has 1 saturated heterocycles. The van der Waals surface area contributed by atoms with Gasteiger partial charge in [-0.2, -0.15) is 0 Å². The summed E-state index contributed by atoms with van der Waals surface area (Å²) in [5, 5.41) is 10.1. The molecule has 0 aliphatic carbocycles. The molecule has 0 spiro atoms. The lowest BCUT2D eigenvalue weighted by Gasteiger charge is -2.18. The molecular weight excluding hydrogens is 310 g/mol. The molecule has 0 amide bonds. The molecule has 3 unspecified atom stereocenters. The molecule has 0 saturated carbocycles. The molecule has 1 aliphatic rings. The Hall–Kier alpha value is -0.160. The molecule has 1 aromatic rings. The van der Waals surface area contributed by atoms with Crippen LogP contribution in [0.5, 0.6) is 0 Å². The van der Waals surface area contributed by atoms with Crippen molar-refractivity contribution in [2.24, 2.45) is 5.92 Å². The van der Waals surface area contributed by atoms with E-state index in [1.165, 1.54) is 0 Å². The van der Waals surface area contributed by atoms with Crippen LogP contribution in [0.3, 0.4) is 0 Å². The van der Waals surface area contributed by atoms with Crippen LogP contribution in [0.2, 0.25) is 5.02 Å². The van der Waals surface area contributed by atoms with E-state index in [9.17, 15) is 9.50 Å². The van der Waals surface area contributed by atoms with Gasteiger partial charge in [0.1, 0.15) is 5.82 Å². The highest BCUT2D eigenvalue weighted by atomic mass is 79.9. The van der Waals surface area contributed by atoms with Crippen molar-refractivity contribution in [1.29, 1.82) is 0 Å². The highest BCUT2D eigenvalue weighted by molar-refractivity contribution is 9.10. The molecule has 2 rings (SSSR count). The van der Waals surface area contributed by atoms with Crippen LogP contribution >= 0.6 is 27.5 Å². The Labute approximate surface area is 113 Å². The number of ether oxygens (including phenoxy) is 1. The third-order valence-electron chi connectivity index (χ3n) is 3.06. The largest absolute Gasteiger partial charge is 0.388 e. The lowest BCUT2D eigenvalue weighted by molar-refractivity contribution is 0.0784. The van der Waals surface area contributed by atoms with Crippen LogP contribution < -0.4 is 0 Å². The smallest absolute Gasteiger partial charge is 0.148 e. The van der Waals surface area contributed by atoms with Gasteiger partial charge >= 0.3 is 0 Å². The lowest BCUT2D eigenvalue weighted by atomic mass is 9.93. The average molecular weight is 324 g/mol. The van der Waals surface area contributed by atoms with Gasteiger partial charge in [0.05, 0.1) is 23.8 Å². The van der Waals surface area contributed by atoms with Gasteiger partial charge in [-0.05, 0) is 35.3 Å². The maximum absolute atomic E-state index is 13.9. The highest BCUT2D eigenvalue weighted by Crippen LogP contribution is 2.36. The Morgan fingerprint density at radius 3 is 2.88 bits per heavy atom. The van der Waals surface area contributed by atoms with Crippen LogP contribution in [0.15, 0.2) is 16.6 Å². The summed E-state index contributed by atoms with van der Waals surface area (Å²) in [6, 6.07) is 3.20. The van der Waals surface area contributed by atoms with E-state index in [1.54, 1.807) is 12.1 Å². The number of aliphatic hydroxyl groups is 1. The fraction of sp³-hybridized carbons (Fsp3) is 0.500. The summed E-state index contributed by atoms with van der Waals surface area (Å²) >= 11 is 8.94. The van der Waals surface area contributed by atoms with E-state index in [4.69, 9.17) is 16.3 Å². The highest BCUT2D eigenvalue weighted by Gasteiger charge is 2.31. The van der Waals surface area contributed by atoms with Crippen LogP contribution in [-0.2, 0) is 4.74 Å². The predicted octanol–water partition coefficient (Wildman–Crippen LogP) is 3.70. The summed E-state index contributed by atoms with van der Waals surface area (Å²) in [7, 11) is 0. The van der Waals surface area contributed by atoms with Crippen molar-refractivity contribution < 1.29 is 14.2 Å². The Kier molecular flexibility index (Phi) is 4.08. The van der Waals surface area contributed by atoms with Crippen molar-refractivity contribution in [2.45, 2.75) is 25.6 Å². The van der Waals surface area contributed by atoms with Gasteiger partial charge < -0.3 is 9.84 Å². The van der Waals surface area contributed by atoms with Gasteiger partial charge in [0.2, 0.25) is 0 Å². The van der Waals surface area contributed by atoms with Crippen LogP contribution in [0.25, 0.3) is 0 Å². The molecule has 0 bridgehead atoms. The Morgan fingerprint density at radius 1 is 1.59 bits per heavy atom. The maximum Gasteiger partial charge on any atom is 0.148 e. The zero-order chi connectivity index (χ0) is 12.6. The molecule has 0 aromatic heterocycles. The van der Waals surface area contributed by atoms with Crippen LogP contribution in [0, 0.1) is 11.7 Å². The van der Waals surface area contributed by atoms with Crippen molar-refractivity contribution in [3.63, 3.8) is 0 Å². The molecule has 1 heterocycles. The van der Waals surface area contributed by atoms with E-state index in [2.05, 4.69) is 15.9 Å². The van der Waals surface area contributed by atoms with Crippen molar-refractivity contribution in [3.8, 4) is 0 Å². The third-order valence-corrected chi connectivity index (χ3v) is 4.32. The molecule has 1 N–H and O–H groups in total. The van der Waals surface area contributed by atoms with Gasteiger partial charge in [-0.25, -0.2) is 4.39 Å². The first-order chi connectivity index (χ1) is 8.00. The van der Waals surface area contributed by atoms with Crippen molar-refractivity contribution in [3.05, 3.63) is 33.0 Å². The zero-order valence-corrected chi connectivity index (χ0v) is 11.6. The van der Waals surface area contributed by atoms with E-state index < -0.39 is 11.9 Å². The number of hydrogen-bond acceptors (Lipinski definition) is 2. The first-order valence-electron chi connectivity index (χ1n) is 5.43. The van der Waals surface area contributed by atoms with E-state index in [0.717, 1.165) is 6.42 Å². The van der Waals surface area contributed by atoms with Crippen LogP contribution in [-0.4, -0.2) is 17.8 Å². The van der Waals surface area contributed by atoms with Gasteiger partial charge in [-0.3, -0.25) is 0 Å². The SMILES string of the molecule is CC1CC(C(O)c2ccc(Br)c(Cl)c2F)CO1. The summed E-state index contributed by atoms with van der Waals surface area (Å²) in [4.78, 5) is 0. The minimum Gasteiger partial charge on any atom is -0.388 e. The Morgan fingerprint density at radius 2 is 2.29 bits per heavy atom. The van der Waals surface area contributed by atoms with Crippen molar-refractivity contribution >= 4 is 27.5 Å². The van der Waals surface area contributed by atoms with Crippen molar-refractivity contribution in [2.75, 3.05) is 6.61 Å². The standard InChI is InChI=1S/C12H13BrClFO2/c1-6-4-7(5-17-6)12(16)8-2-3-9(13)10(14)11(8)15/h2-3,6-7,12,16H,4-5H2,1H3. The number of rotatable bonds is 2. The van der Waals surface area contributed by atoms with Crippen LogP contribution in [0.4, 0.5) is 4.39 Å². The topological polar surface area (TPSA) is 29.5 Å². The second kappa shape index (κ2) is 5.22. The summed E-state index contributed by atoms with van der Waals surface area (Å²) < 4.78 is 19.8. The minimum absolute atomic E-state index is 0.00788. The molecular formula is C12H13BrClFO2. The molecule has 1 fully saturated rings. The molecule has 1 aromatic carbocycles. The Bertz CT molecular complexity index is 427. The van der Waals surface area contributed by atoms with Gasteiger partial charge in [-0.1, -0.05) is 17.7 Å². The summed E-state index contributed by atoms with van der Waals surface area (Å²) in [6.45, 7) is 2.40. The predicted molar refractivity (Wildman–Crippen MR) is 67.6 cm³/mol. The first-order valence-corrected chi connectivity index (χ1v) is 6.61. The molecule has 94 valence electrons. The maximum atomic E-state index is 13.9. The monoisotopic (exact) mass is 322 g/mol. The molecule has 1 aliphatic heterocycles.